The Labute approximate surface area is 119 Å². The number of carbonyl (C=O) groups excluding carboxylic acids is 1. The summed E-state index contributed by atoms with van der Waals surface area (Å²) in [5.41, 5.74) is 6.77. The van der Waals surface area contributed by atoms with Gasteiger partial charge < -0.3 is 11.1 Å². The van der Waals surface area contributed by atoms with Crippen LogP contribution in [0.4, 0.5) is 4.39 Å². The SMILES string of the molecule is Cl.NC1CCCC1C(=O)NCCc1cccc(F)c1. The lowest BCUT2D eigenvalue weighted by Crippen LogP contribution is -2.39. The quantitative estimate of drug-likeness (QED) is 0.890. The highest BCUT2D eigenvalue weighted by molar-refractivity contribution is 5.85. The van der Waals surface area contributed by atoms with Gasteiger partial charge in [-0.05, 0) is 37.0 Å². The van der Waals surface area contributed by atoms with Gasteiger partial charge in [0.05, 0.1) is 5.92 Å². The van der Waals surface area contributed by atoms with E-state index in [1.807, 2.05) is 6.07 Å². The van der Waals surface area contributed by atoms with Gasteiger partial charge in [0, 0.05) is 12.6 Å². The molecule has 1 aromatic carbocycles. The first-order valence-corrected chi connectivity index (χ1v) is 6.44. The van der Waals surface area contributed by atoms with Crippen molar-refractivity contribution in [1.29, 1.82) is 0 Å². The molecule has 0 aromatic heterocycles. The standard InChI is InChI=1S/C14H19FN2O.ClH/c15-11-4-1-3-10(9-11)7-8-17-14(18)12-5-2-6-13(12)16;/h1,3-4,9,12-13H,2,5-8,16H2,(H,17,18);1H. The van der Waals surface area contributed by atoms with Crippen LogP contribution in [0.2, 0.25) is 0 Å². The van der Waals surface area contributed by atoms with E-state index in [-0.39, 0.29) is 36.1 Å². The van der Waals surface area contributed by atoms with Crippen LogP contribution in [0.5, 0.6) is 0 Å². The van der Waals surface area contributed by atoms with E-state index in [9.17, 15) is 9.18 Å². The molecule has 0 aliphatic heterocycles. The van der Waals surface area contributed by atoms with Crippen LogP contribution in [0, 0.1) is 11.7 Å². The van der Waals surface area contributed by atoms with Crippen molar-refractivity contribution in [3.63, 3.8) is 0 Å². The Kier molecular flexibility index (Phi) is 6.25. The molecule has 1 aromatic rings. The lowest BCUT2D eigenvalue weighted by Gasteiger charge is -2.15. The van der Waals surface area contributed by atoms with Crippen molar-refractivity contribution in [2.45, 2.75) is 31.7 Å². The highest BCUT2D eigenvalue weighted by atomic mass is 35.5. The van der Waals surface area contributed by atoms with Crippen molar-refractivity contribution >= 4 is 18.3 Å². The second-order valence-corrected chi connectivity index (χ2v) is 4.87. The number of hydrogen-bond donors (Lipinski definition) is 2. The highest BCUT2D eigenvalue weighted by Crippen LogP contribution is 2.23. The van der Waals surface area contributed by atoms with Gasteiger partial charge >= 0.3 is 0 Å². The van der Waals surface area contributed by atoms with Crippen molar-refractivity contribution in [3.05, 3.63) is 35.6 Å². The zero-order valence-corrected chi connectivity index (χ0v) is 11.6. The molecule has 5 heteroatoms. The van der Waals surface area contributed by atoms with E-state index in [2.05, 4.69) is 5.32 Å². The van der Waals surface area contributed by atoms with Crippen LogP contribution in [-0.2, 0) is 11.2 Å². The number of nitrogens with two attached hydrogens (primary N) is 1. The van der Waals surface area contributed by atoms with Gasteiger partial charge in [-0.15, -0.1) is 12.4 Å². The second-order valence-electron chi connectivity index (χ2n) is 4.87. The van der Waals surface area contributed by atoms with Crippen LogP contribution in [0.1, 0.15) is 24.8 Å². The third kappa shape index (κ3) is 4.48. The van der Waals surface area contributed by atoms with E-state index in [0.29, 0.717) is 13.0 Å². The van der Waals surface area contributed by atoms with Crippen molar-refractivity contribution in [2.75, 3.05) is 6.54 Å². The molecule has 1 aliphatic carbocycles. The molecule has 1 amide bonds. The average molecular weight is 287 g/mol. The maximum absolute atomic E-state index is 12.9. The largest absolute Gasteiger partial charge is 0.355 e. The van der Waals surface area contributed by atoms with Gasteiger partial charge in [-0.2, -0.15) is 0 Å². The fraction of sp³-hybridized carbons (Fsp3) is 0.500. The molecule has 0 radical (unpaired) electrons. The zero-order chi connectivity index (χ0) is 13.0. The molecule has 1 saturated carbocycles. The van der Waals surface area contributed by atoms with Crippen LogP contribution >= 0.6 is 12.4 Å². The van der Waals surface area contributed by atoms with Gasteiger partial charge in [0.2, 0.25) is 5.91 Å². The van der Waals surface area contributed by atoms with Gasteiger partial charge in [0.15, 0.2) is 0 Å². The molecule has 1 fully saturated rings. The normalized spacial score (nSPS) is 21.8. The number of rotatable bonds is 4. The minimum absolute atomic E-state index is 0. The van der Waals surface area contributed by atoms with Gasteiger partial charge in [-0.1, -0.05) is 18.6 Å². The number of amides is 1. The summed E-state index contributed by atoms with van der Waals surface area (Å²) < 4.78 is 12.9. The van der Waals surface area contributed by atoms with E-state index in [0.717, 1.165) is 24.8 Å². The molecule has 2 unspecified atom stereocenters. The van der Waals surface area contributed by atoms with Crippen molar-refractivity contribution in [2.24, 2.45) is 11.7 Å². The summed E-state index contributed by atoms with van der Waals surface area (Å²) in [5, 5.41) is 2.88. The summed E-state index contributed by atoms with van der Waals surface area (Å²) in [6.07, 6.45) is 3.49. The summed E-state index contributed by atoms with van der Waals surface area (Å²) >= 11 is 0. The van der Waals surface area contributed by atoms with Crippen LogP contribution in [0.3, 0.4) is 0 Å². The van der Waals surface area contributed by atoms with Crippen molar-refractivity contribution in [1.82, 2.24) is 5.32 Å². The van der Waals surface area contributed by atoms with Crippen molar-refractivity contribution < 1.29 is 9.18 Å². The van der Waals surface area contributed by atoms with Crippen LogP contribution in [0.15, 0.2) is 24.3 Å². The Morgan fingerprint density at radius 2 is 2.21 bits per heavy atom. The third-order valence-corrected chi connectivity index (χ3v) is 3.51. The number of nitrogens with one attached hydrogen (secondary N) is 1. The molecule has 0 saturated heterocycles. The topological polar surface area (TPSA) is 55.1 Å². The summed E-state index contributed by atoms with van der Waals surface area (Å²) in [6, 6.07) is 6.45. The maximum atomic E-state index is 12.9. The number of benzene rings is 1. The molecule has 2 atom stereocenters. The molecule has 0 spiro atoms. The molecule has 0 bridgehead atoms. The Morgan fingerprint density at radius 3 is 2.84 bits per heavy atom. The van der Waals surface area contributed by atoms with Gasteiger partial charge in [-0.3, -0.25) is 4.79 Å². The fourth-order valence-electron chi connectivity index (χ4n) is 2.47. The molecule has 0 heterocycles. The van der Waals surface area contributed by atoms with Crippen molar-refractivity contribution in [3.8, 4) is 0 Å². The third-order valence-electron chi connectivity index (χ3n) is 3.51. The lowest BCUT2D eigenvalue weighted by atomic mass is 10.0. The summed E-state index contributed by atoms with van der Waals surface area (Å²) in [6.45, 7) is 0.533. The first kappa shape index (κ1) is 15.9. The predicted octanol–water partition coefficient (Wildman–Crippen LogP) is 2.03. The van der Waals surface area contributed by atoms with Crippen LogP contribution in [-0.4, -0.2) is 18.5 Å². The second kappa shape index (κ2) is 7.46. The molecule has 2 rings (SSSR count). The average Bonchev–Trinajstić information content (AvgIpc) is 2.75. The molecule has 3 nitrogen and oxygen atoms in total. The zero-order valence-electron chi connectivity index (χ0n) is 10.8. The number of hydrogen-bond acceptors (Lipinski definition) is 2. The van der Waals surface area contributed by atoms with Crippen LogP contribution in [0.25, 0.3) is 0 Å². The molecule has 19 heavy (non-hydrogen) atoms. The lowest BCUT2D eigenvalue weighted by molar-refractivity contribution is -0.125. The summed E-state index contributed by atoms with van der Waals surface area (Å²) in [5.74, 6) is -0.245. The molecular weight excluding hydrogens is 267 g/mol. The van der Waals surface area contributed by atoms with E-state index >= 15 is 0 Å². The minimum Gasteiger partial charge on any atom is -0.355 e. The van der Waals surface area contributed by atoms with E-state index < -0.39 is 0 Å². The summed E-state index contributed by atoms with van der Waals surface area (Å²) in [7, 11) is 0. The highest BCUT2D eigenvalue weighted by Gasteiger charge is 2.29. The van der Waals surface area contributed by atoms with Crippen LogP contribution < -0.4 is 11.1 Å². The molecule has 1 aliphatic rings. The Bertz CT molecular complexity index is 428. The van der Waals surface area contributed by atoms with E-state index in [1.54, 1.807) is 6.07 Å². The Morgan fingerprint density at radius 1 is 1.42 bits per heavy atom. The van der Waals surface area contributed by atoms with E-state index in [4.69, 9.17) is 5.73 Å². The fourth-order valence-corrected chi connectivity index (χ4v) is 2.47. The van der Waals surface area contributed by atoms with E-state index in [1.165, 1.54) is 12.1 Å². The summed E-state index contributed by atoms with van der Waals surface area (Å²) in [4.78, 5) is 11.8. The number of halogens is 2. The first-order valence-electron chi connectivity index (χ1n) is 6.44. The first-order chi connectivity index (χ1) is 8.66. The molecular formula is C14H20ClFN2O. The minimum atomic E-state index is -0.239. The predicted molar refractivity (Wildman–Crippen MR) is 75.7 cm³/mol. The van der Waals surface area contributed by atoms with Gasteiger partial charge in [0.1, 0.15) is 5.82 Å². The van der Waals surface area contributed by atoms with Gasteiger partial charge in [-0.25, -0.2) is 4.39 Å². The van der Waals surface area contributed by atoms with Gasteiger partial charge in [0.25, 0.3) is 0 Å². The maximum Gasteiger partial charge on any atom is 0.224 e. The molecule has 106 valence electrons. The number of carbonyl (C=O) groups is 1. The molecule has 3 N–H and O–H groups in total. The Hall–Kier alpha value is -1.13. The Balaban J connectivity index is 0.00000180. The monoisotopic (exact) mass is 286 g/mol. The smallest absolute Gasteiger partial charge is 0.224 e.